The zero-order chi connectivity index (χ0) is 19.1. The Bertz CT molecular complexity index is 765. The molecule has 0 saturated heterocycles. The topological polar surface area (TPSA) is 38.8 Å². The number of hydrogen-bond acceptors (Lipinski definition) is 4. The van der Waals surface area contributed by atoms with Gasteiger partial charge in [0, 0.05) is 24.1 Å². The number of nitrogens with zero attached hydrogens (tertiary/aromatic N) is 1. The van der Waals surface area contributed by atoms with E-state index >= 15 is 0 Å². The molecular formula is C23H27NO3. The first-order chi connectivity index (χ1) is 13.2. The second kappa shape index (κ2) is 9.38. The molecule has 1 heterocycles. The van der Waals surface area contributed by atoms with Gasteiger partial charge < -0.3 is 14.4 Å². The van der Waals surface area contributed by atoms with Gasteiger partial charge in [-0.25, -0.2) is 0 Å². The fourth-order valence-corrected chi connectivity index (χ4v) is 3.31. The van der Waals surface area contributed by atoms with Gasteiger partial charge in [-0.15, -0.1) is 0 Å². The Hall–Kier alpha value is -2.59. The van der Waals surface area contributed by atoms with Crippen molar-refractivity contribution in [3.63, 3.8) is 0 Å². The molecule has 0 aromatic heterocycles. The molecule has 27 heavy (non-hydrogen) atoms. The molecule has 142 valence electrons. The second-order valence-corrected chi connectivity index (χ2v) is 6.71. The Morgan fingerprint density at radius 3 is 2.30 bits per heavy atom. The lowest BCUT2D eigenvalue weighted by Crippen LogP contribution is -2.21. The van der Waals surface area contributed by atoms with Crippen LogP contribution in [0.15, 0.2) is 54.6 Å². The fourth-order valence-electron chi connectivity index (χ4n) is 3.31. The van der Waals surface area contributed by atoms with Crippen molar-refractivity contribution in [3.8, 4) is 11.5 Å². The highest BCUT2D eigenvalue weighted by molar-refractivity contribution is 5.87. The first-order valence-electron chi connectivity index (χ1n) is 9.60. The van der Waals surface area contributed by atoms with Crippen molar-refractivity contribution < 1.29 is 14.3 Å². The maximum absolute atomic E-state index is 11.4. The lowest BCUT2D eigenvalue weighted by molar-refractivity contribution is -0.143. The Kier molecular flexibility index (Phi) is 6.66. The number of ether oxygens (including phenoxy) is 2. The van der Waals surface area contributed by atoms with E-state index in [0.29, 0.717) is 13.0 Å². The number of carbonyl (C=O) groups is 1. The van der Waals surface area contributed by atoms with E-state index in [4.69, 9.17) is 9.47 Å². The van der Waals surface area contributed by atoms with Crippen LogP contribution in [0.25, 0.3) is 5.57 Å². The molecule has 0 bridgehead atoms. The minimum Gasteiger partial charge on any atom is -0.466 e. The number of esters is 1. The molecule has 3 rings (SSSR count). The van der Waals surface area contributed by atoms with Crippen LogP contribution in [-0.4, -0.2) is 37.6 Å². The molecule has 1 aliphatic heterocycles. The number of hydrogen-bond donors (Lipinski definition) is 0. The zero-order valence-electron chi connectivity index (χ0n) is 16.1. The van der Waals surface area contributed by atoms with Gasteiger partial charge in [0.15, 0.2) is 0 Å². The van der Waals surface area contributed by atoms with E-state index in [0.717, 1.165) is 48.6 Å². The molecule has 0 unspecified atom stereocenters. The molecule has 0 amide bonds. The first-order valence-corrected chi connectivity index (χ1v) is 9.60. The van der Waals surface area contributed by atoms with E-state index in [1.54, 1.807) is 0 Å². The molecule has 0 saturated carbocycles. The van der Waals surface area contributed by atoms with Crippen LogP contribution in [0.4, 0.5) is 0 Å². The van der Waals surface area contributed by atoms with Crippen LogP contribution in [-0.2, 0) is 9.53 Å². The van der Waals surface area contributed by atoms with E-state index < -0.39 is 0 Å². The lowest BCUT2D eigenvalue weighted by Gasteiger charge is -2.23. The minimum atomic E-state index is -0.108. The molecule has 0 radical (unpaired) electrons. The normalized spacial score (nSPS) is 12.2. The number of para-hydroxylation sites is 2. The van der Waals surface area contributed by atoms with Crippen molar-refractivity contribution in [2.75, 3.05) is 26.7 Å². The maximum atomic E-state index is 11.4. The third kappa shape index (κ3) is 4.98. The van der Waals surface area contributed by atoms with Crippen LogP contribution < -0.4 is 4.74 Å². The number of fused-ring (bicyclic) bond motifs is 2. The molecule has 1 aliphatic rings. The molecule has 0 atom stereocenters. The van der Waals surface area contributed by atoms with Gasteiger partial charge in [-0.1, -0.05) is 42.5 Å². The van der Waals surface area contributed by atoms with Gasteiger partial charge >= 0.3 is 5.97 Å². The number of benzene rings is 2. The van der Waals surface area contributed by atoms with Crippen LogP contribution in [0.5, 0.6) is 11.5 Å². The van der Waals surface area contributed by atoms with Crippen LogP contribution in [0, 0.1) is 0 Å². The van der Waals surface area contributed by atoms with Gasteiger partial charge in [0.1, 0.15) is 11.5 Å². The summed E-state index contributed by atoms with van der Waals surface area (Å²) in [7, 11) is 2.09. The van der Waals surface area contributed by atoms with Gasteiger partial charge in [-0.3, -0.25) is 4.79 Å². The van der Waals surface area contributed by atoms with Crippen molar-refractivity contribution in [1.29, 1.82) is 0 Å². The summed E-state index contributed by atoms with van der Waals surface area (Å²) in [6.07, 6.45) is 4.54. The molecule has 0 aliphatic carbocycles. The van der Waals surface area contributed by atoms with Crippen molar-refractivity contribution in [2.24, 2.45) is 0 Å². The van der Waals surface area contributed by atoms with E-state index in [9.17, 15) is 4.79 Å². The van der Waals surface area contributed by atoms with Crippen LogP contribution in [0.3, 0.4) is 0 Å². The summed E-state index contributed by atoms with van der Waals surface area (Å²) in [5.41, 5.74) is 3.51. The fraction of sp³-hybridized carbons (Fsp3) is 0.348. The average molecular weight is 365 g/mol. The quantitative estimate of drug-likeness (QED) is 0.533. The smallest absolute Gasteiger partial charge is 0.305 e. The molecule has 0 spiro atoms. The summed E-state index contributed by atoms with van der Waals surface area (Å²) in [5.74, 6) is 1.71. The standard InChI is InChI=1S/C23H27NO3/c1-3-26-23(25)15-9-17-24(2)16-8-12-18-19-10-4-6-13-21(19)27-22-14-7-5-11-20(18)22/h4-7,10-14H,3,8-9,15-17H2,1-2H3. The van der Waals surface area contributed by atoms with Gasteiger partial charge in [0.05, 0.1) is 6.61 Å². The summed E-state index contributed by atoms with van der Waals surface area (Å²) in [4.78, 5) is 13.7. The summed E-state index contributed by atoms with van der Waals surface area (Å²) >= 11 is 0. The SMILES string of the molecule is CCOC(=O)CCCN(C)CCC=C1c2ccccc2Oc2ccccc21. The van der Waals surface area contributed by atoms with Gasteiger partial charge in [-0.2, -0.15) is 0 Å². The maximum Gasteiger partial charge on any atom is 0.305 e. The van der Waals surface area contributed by atoms with Crippen molar-refractivity contribution in [1.82, 2.24) is 4.90 Å². The Labute approximate surface area is 161 Å². The number of rotatable bonds is 8. The Morgan fingerprint density at radius 1 is 1.04 bits per heavy atom. The second-order valence-electron chi connectivity index (χ2n) is 6.71. The Balaban J connectivity index is 1.61. The highest BCUT2D eigenvalue weighted by atomic mass is 16.5. The molecule has 2 aromatic carbocycles. The van der Waals surface area contributed by atoms with Crippen LogP contribution in [0.1, 0.15) is 37.3 Å². The van der Waals surface area contributed by atoms with E-state index in [1.165, 1.54) is 5.57 Å². The summed E-state index contributed by atoms with van der Waals surface area (Å²) in [6, 6.07) is 16.3. The van der Waals surface area contributed by atoms with Gasteiger partial charge in [0.25, 0.3) is 0 Å². The molecule has 0 N–H and O–H groups in total. The molecule has 0 fully saturated rings. The predicted molar refractivity (Wildman–Crippen MR) is 108 cm³/mol. The highest BCUT2D eigenvalue weighted by Gasteiger charge is 2.20. The zero-order valence-corrected chi connectivity index (χ0v) is 16.1. The molecular weight excluding hydrogens is 338 g/mol. The van der Waals surface area contributed by atoms with Crippen LogP contribution >= 0.6 is 0 Å². The molecule has 2 aromatic rings. The minimum absolute atomic E-state index is 0.108. The lowest BCUT2D eigenvalue weighted by atomic mass is 9.93. The number of carbonyl (C=O) groups excluding carboxylic acids is 1. The van der Waals surface area contributed by atoms with E-state index in [2.05, 4.69) is 30.2 Å². The van der Waals surface area contributed by atoms with Gasteiger partial charge in [0.2, 0.25) is 0 Å². The predicted octanol–water partition coefficient (Wildman–Crippen LogP) is 4.89. The summed E-state index contributed by atoms with van der Waals surface area (Å²) in [5, 5.41) is 0. The Morgan fingerprint density at radius 2 is 1.67 bits per heavy atom. The van der Waals surface area contributed by atoms with E-state index in [-0.39, 0.29) is 5.97 Å². The summed E-state index contributed by atoms with van der Waals surface area (Å²) < 4.78 is 11.0. The monoisotopic (exact) mass is 365 g/mol. The van der Waals surface area contributed by atoms with Crippen molar-refractivity contribution >= 4 is 11.5 Å². The third-order valence-corrected chi connectivity index (χ3v) is 4.66. The first kappa shape index (κ1) is 19.2. The van der Waals surface area contributed by atoms with E-state index in [1.807, 2.05) is 43.3 Å². The third-order valence-electron chi connectivity index (χ3n) is 4.66. The van der Waals surface area contributed by atoms with Crippen molar-refractivity contribution in [3.05, 3.63) is 65.7 Å². The van der Waals surface area contributed by atoms with Crippen LogP contribution in [0.2, 0.25) is 0 Å². The summed E-state index contributed by atoms with van der Waals surface area (Å²) in [6.45, 7) is 4.12. The molecule has 4 heteroatoms. The largest absolute Gasteiger partial charge is 0.466 e. The average Bonchev–Trinajstić information content (AvgIpc) is 2.67. The van der Waals surface area contributed by atoms with Gasteiger partial charge in [-0.05, 0) is 51.1 Å². The molecule has 4 nitrogen and oxygen atoms in total. The highest BCUT2D eigenvalue weighted by Crippen LogP contribution is 2.43. The van der Waals surface area contributed by atoms with Crippen molar-refractivity contribution in [2.45, 2.75) is 26.2 Å².